The van der Waals surface area contributed by atoms with Gasteiger partial charge in [0.2, 0.25) is 11.7 Å². The number of amides is 1. The molecule has 0 saturated carbocycles. The van der Waals surface area contributed by atoms with Crippen molar-refractivity contribution in [3.8, 4) is 0 Å². The van der Waals surface area contributed by atoms with Gasteiger partial charge in [0.1, 0.15) is 11.2 Å². The number of piperidine rings is 1. The lowest BCUT2D eigenvalue weighted by Crippen LogP contribution is -2.39. The number of fused-ring (bicyclic) bond motifs is 1. The number of carbonyl (C=O) groups is 2. The van der Waals surface area contributed by atoms with Crippen LogP contribution in [0.15, 0.2) is 4.52 Å². The first-order chi connectivity index (χ1) is 11.5. The quantitative estimate of drug-likeness (QED) is 0.815. The maximum atomic E-state index is 12.0. The number of anilines is 1. The molecule has 1 aliphatic rings. The molecule has 0 radical (unpaired) electrons. The van der Waals surface area contributed by atoms with Crippen molar-refractivity contribution in [1.82, 2.24) is 15.1 Å². The molecular formula is C15H19N5O4. The molecule has 0 atom stereocenters. The summed E-state index contributed by atoms with van der Waals surface area (Å²) in [6.07, 6.45) is 1.28. The summed E-state index contributed by atoms with van der Waals surface area (Å²) in [5, 5.41) is 4.58. The van der Waals surface area contributed by atoms with Gasteiger partial charge in [-0.15, -0.1) is 0 Å². The lowest BCUT2D eigenvalue weighted by Gasteiger charge is -2.31. The minimum atomic E-state index is -0.610. The monoisotopic (exact) mass is 333 g/mol. The summed E-state index contributed by atoms with van der Waals surface area (Å²) in [6, 6.07) is 0. The van der Waals surface area contributed by atoms with Crippen molar-refractivity contribution in [1.29, 1.82) is 0 Å². The topological polar surface area (TPSA) is 124 Å². The standard InChI is InChI=1S/C15H19N5O4/c1-3-23-15(22)12-17-13(10-8(2)19-24-14(10)18-12)20-6-4-9(5-7-20)11(16)21/h9H,3-7H2,1-2H3,(H2,16,21). The summed E-state index contributed by atoms with van der Waals surface area (Å²) in [6.45, 7) is 4.94. The largest absolute Gasteiger partial charge is 0.460 e. The Balaban J connectivity index is 1.98. The molecule has 1 amide bonds. The van der Waals surface area contributed by atoms with E-state index in [-0.39, 0.29) is 30.0 Å². The van der Waals surface area contributed by atoms with Gasteiger partial charge < -0.3 is 19.9 Å². The average molecular weight is 333 g/mol. The van der Waals surface area contributed by atoms with Gasteiger partial charge in [-0.3, -0.25) is 4.79 Å². The number of carbonyl (C=O) groups excluding carboxylic acids is 2. The summed E-state index contributed by atoms with van der Waals surface area (Å²) in [5.74, 6) is -0.512. The molecule has 0 aliphatic carbocycles. The van der Waals surface area contributed by atoms with Crippen molar-refractivity contribution in [3.05, 3.63) is 11.5 Å². The third-order valence-corrected chi connectivity index (χ3v) is 4.14. The van der Waals surface area contributed by atoms with Crippen LogP contribution in [0.5, 0.6) is 0 Å². The van der Waals surface area contributed by atoms with Gasteiger partial charge in [0.25, 0.3) is 5.71 Å². The van der Waals surface area contributed by atoms with Crippen LogP contribution in [0, 0.1) is 12.8 Å². The molecule has 0 unspecified atom stereocenters. The van der Waals surface area contributed by atoms with Gasteiger partial charge in [0.15, 0.2) is 0 Å². The highest BCUT2D eigenvalue weighted by Gasteiger charge is 2.28. The van der Waals surface area contributed by atoms with E-state index >= 15 is 0 Å². The third kappa shape index (κ3) is 2.89. The van der Waals surface area contributed by atoms with E-state index in [1.165, 1.54) is 0 Å². The first-order valence-electron chi connectivity index (χ1n) is 7.86. The zero-order chi connectivity index (χ0) is 17.3. The smallest absolute Gasteiger partial charge is 0.376 e. The number of ether oxygens (including phenoxy) is 1. The average Bonchev–Trinajstić information content (AvgIpc) is 2.95. The Morgan fingerprint density at radius 3 is 2.67 bits per heavy atom. The molecule has 1 fully saturated rings. The van der Waals surface area contributed by atoms with E-state index < -0.39 is 5.97 Å². The second kappa shape index (κ2) is 6.42. The van der Waals surface area contributed by atoms with E-state index in [0.717, 1.165) is 0 Å². The maximum Gasteiger partial charge on any atom is 0.376 e. The summed E-state index contributed by atoms with van der Waals surface area (Å²) < 4.78 is 10.2. The molecule has 1 aliphatic heterocycles. The molecule has 0 bridgehead atoms. The second-order valence-electron chi connectivity index (χ2n) is 5.70. The molecule has 3 rings (SSSR count). The fourth-order valence-corrected chi connectivity index (χ4v) is 2.86. The first-order valence-corrected chi connectivity index (χ1v) is 7.86. The van der Waals surface area contributed by atoms with Gasteiger partial charge >= 0.3 is 5.97 Å². The number of nitrogens with two attached hydrogens (primary N) is 1. The van der Waals surface area contributed by atoms with Crippen LogP contribution in [0.2, 0.25) is 0 Å². The normalized spacial score (nSPS) is 15.7. The summed E-state index contributed by atoms with van der Waals surface area (Å²) in [7, 11) is 0. The molecule has 9 heteroatoms. The third-order valence-electron chi connectivity index (χ3n) is 4.14. The number of hydrogen-bond acceptors (Lipinski definition) is 8. The number of primary amides is 1. The number of nitrogens with zero attached hydrogens (tertiary/aromatic N) is 4. The van der Waals surface area contributed by atoms with Gasteiger partial charge in [-0.25, -0.2) is 9.78 Å². The molecule has 128 valence electrons. The zero-order valence-electron chi connectivity index (χ0n) is 13.6. The summed E-state index contributed by atoms with van der Waals surface area (Å²) in [5.41, 5.74) is 6.27. The van der Waals surface area contributed by atoms with Crippen LogP contribution in [0.3, 0.4) is 0 Å². The highest BCUT2D eigenvalue weighted by molar-refractivity contribution is 5.93. The Hall–Kier alpha value is -2.71. The summed E-state index contributed by atoms with van der Waals surface area (Å²) >= 11 is 0. The number of rotatable bonds is 4. The van der Waals surface area contributed by atoms with E-state index in [1.54, 1.807) is 13.8 Å². The molecule has 2 aromatic rings. The Labute approximate surface area is 138 Å². The Morgan fingerprint density at radius 2 is 2.04 bits per heavy atom. The molecule has 0 aromatic carbocycles. The van der Waals surface area contributed by atoms with Gasteiger partial charge in [-0.1, -0.05) is 5.16 Å². The van der Waals surface area contributed by atoms with Crippen LogP contribution in [0.4, 0.5) is 5.82 Å². The predicted molar refractivity (Wildman–Crippen MR) is 84.4 cm³/mol. The van der Waals surface area contributed by atoms with Crippen LogP contribution < -0.4 is 10.6 Å². The van der Waals surface area contributed by atoms with E-state index in [9.17, 15) is 9.59 Å². The maximum absolute atomic E-state index is 12.0. The molecular weight excluding hydrogens is 314 g/mol. The van der Waals surface area contributed by atoms with Crippen LogP contribution >= 0.6 is 0 Å². The van der Waals surface area contributed by atoms with Gasteiger partial charge in [-0.05, 0) is 26.7 Å². The molecule has 1 saturated heterocycles. The Kier molecular flexibility index (Phi) is 4.32. The van der Waals surface area contributed by atoms with Gasteiger partial charge in [-0.2, -0.15) is 4.98 Å². The minimum Gasteiger partial charge on any atom is -0.460 e. The first kappa shape index (κ1) is 16.2. The van der Waals surface area contributed by atoms with Crippen molar-refractivity contribution in [3.63, 3.8) is 0 Å². The molecule has 3 heterocycles. The van der Waals surface area contributed by atoms with Crippen molar-refractivity contribution in [2.75, 3.05) is 24.6 Å². The van der Waals surface area contributed by atoms with Gasteiger partial charge in [0.05, 0.1) is 12.3 Å². The van der Waals surface area contributed by atoms with Crippen molar-refractivity contribution < 1.29 is 18.8 Å². The molecule has 2 N–H and O–H groups in total. The minimum absolute atomic E-state index is 0.0625. The lowest BCUT2D eigenvalue weighted by molar-refractivity contribution is -0.122. The fourth-order valence-electron chi connectivity index (χ4n) is 2.86. The van der Waals surface area contributed by atoms with Crippen molar-refractivity contribution in [2.45, 2.75) is 26.7 Å². The summed E-state index contributed by atoms with van der Waals surface area (Å²) in [4.78, 5) is 33.8. The van der Waals surface area contributed by atoms with Crippen LogP contribution in [-0.4, -0.2) is 46.7 Å². The van der Waals surface area contributed by atoms with Crippen molar-refractivity contribution >= 4 is 28.8 Å². The van der Waals surface area contributed by atoms with Gasteiger partial charge in [0, 0.05) is 19.0 Å². The lowest BCUT2D eigenvalue weighted by atomic mass is 9.96. The number of esters is 1. The zero-order valence-corrected chi connectivity index (χ0v) is 13.6. The van der Waals surface area contributed by atoms with E-state index in [4.69, 9.17) is 15.0 Å². The number of aryl methyl sites for hydroxylation is 1. The Morgan fingerprint density at radius 1 is 1.33 bits per heavy atom. The predicted octanol–water partition coefficient (Wildman–Crippen LogP) is 0.805. The van der Waals surface area contributed by atoms with Crippen LogP contribution in [0.25, 0.3) is 11.1 Å². The molecule has 24 heavy (non-hydrogen) atoms. The SMILES string of the molecule is CCOC(=O)c1nc(N2CCC(C(N)=O)CC2)c2c(C)noc2n1. The molecule has 9 nitrogen and oxygen atoms in total. The van der Waals surface area contributed by atoms with Crippen LogP contribution in [0.1, 0.15) is 36.1 Å². The van der Waals surface area contributed by atoms with Crippen LogP contribution in [-0.2, 0) is 9.53 Å². The van der Waals surface area contributed by atoms with E-state index in [0.29, 0.717) is 42.8 Å². The highest BCUT2D eigenvalue weighted by atomic mass is 16.5. The fraction of sp³-hybridized carbons (Fsp3) is 0.533. The molecule has 2 aromatic heterocycles. The molecule has 0 spiro atoms. The van der Waals surface area contributed by atoms with Crippen molar-refractivity contribution in [2.24, 2.45) is 11.7 Å². The van der Waals surface area contributed by atoms with E-state index in [1.807, 2.05) is 4.90 Å². The highest BCUT2D eigenvalue weighted by Crippen LogP contribution is 2.30. The number of aromatic nitrogens is 3. The number of hydrogen-bond donors (Lipinski definition) is 1. The second-order valence-corrected chi connectivity index (χ2v) is 5.70. The van der Waals surface area contributed by atoms with E-state index in [2.05, 4.69) is 15.1 Å². The Bertz CT molecular complexity index is 780.